The molecular formula is C66H120O6. The molecule has 0 aliphatic heterocycles. The number of carbonyl (C=O) groups is 3. The van der Waals surface area contributed by atoms with Crippen LogP contribution in [0.25, 0.3) is 0 Å². The molecule has 72 heavy (non-hydrogen) atoms. The van der Waals surface area contributed by atoms with Crippen molar-refractivity contribution in [2.75, 3.05) is 13.2 Å². The lowest BCUT2D eigenvalue weighted by atomic mass is 10.0. The van der Waals surface area contributed by atoms with E-state index < -0.39 is 6.10 Å². The quantitative estimate of drug-likeness (QED) is 0.0261. The fourth-order valence-electron chi connectivity index (χ4n) is 9.28. The van der Waals surface area contributed by atoms with Crippen molar-refractivity contribution in [2.45, 2.75) is 341 Å². The molecular weight excluding hydrogens is 889 g/mol. The Labute approximate surface area is 448 Å². The molecule has 0 aromatic carbocycles. The SMILES string of the molecule is CCCCCCCC/C=C\C/C=C\C/C=C\CCCC(=O)OCC(COC(=O)CCCCCCCCCCCCCCCCCCCCC)OC(=O)CCCCCCC/C=C\CCCCCCCCCCC. The van der Waals surface area contributed by atoms with E-state index in [4.69, 9.17) is 14.2 Å². The van der Waals surface area contributed by atoms with Crippen LogP contribution in [0.5, 0.6) is 0 Å². The number of allylic oxidation sites excluding steroid dienone is 8. The van der Waals surface area contributed by atoms with Gasteiger partial charge >= 0.3 is 17.9 Å². The van der Waals surface area contributed by atoms with E-state index in [2.05, 4.69) is 69.4 Å². The molecule has 0 saturated carbocycles. The second-order valence-corrected chi connectivity index (χ2v) is 21.3. The number of ether oxygens (including phenoxy) is 3. The van der Waals surface area contributed by atoms with Crippen LogP contribution in [0.2, 0.25) is 0 Å². The highest BCUT2D eigenvalue weighted by molar-refractivity contribution is 5.71. The second-order valence-electron chi connectivity index (χ2n) is 21.3. The van der Waals surface area contributed by atoms with E-state index in [1.165, 1.54) is 218 Å². The van der Waals surface area contributed by atoms with Gasteiger partial charge in [-0.1, -0.05) is 288 Å². The largest absolute Gasteiger partial charge is 0.462 e. The molecule has 0 saturated heterocycles. The summed E-state index contributed by atoms with van der Waals surface area (Å²) >= 11 is 0. The number of unbranched alkanes of at least 4 members (excludes halogenated alkanes) is 39. The number of carbonyl (C=O) groups excluding carboxylic acids is 3. The topological polar surface area (TPSA) is 78.9 Å². The lowest BCUT2D eigenvalue weighted by molar-refractivity contribution is -0.167. The maximum Gasteiger partial charge on any atom is 0.306 e. The zero-order chi connectivity index (χ0) is 52.2. The Morgan fingerprint density at radius 3 is 0.847 bits per heavy atom. The summed E-state index contributed by atoms with van der Waals surface area (Å²) in [6, 6.07) is 0. The molecule has 6 nitrogen and oxygen atoms in total. The molecule has 0 spiro atoms. The van der Waals surface area contributed by atoms with Crippen LogP contribution in [-0.2, 0) is 28.6 Å². The average Bonchev–Trinajstić information content (AvgIpc) is 3.38. The average molecular weight is 1010 g/mol. The van der Waals surface area contributed by atoms with Crippen LogP contribution in [0.3, 0.4) is 0 Å². The third-order valence-corrected chi connectivity index (χ3v) is 14.1. The highest BCUT2D eigenvalue weighted by Gasteiger charge is 2.19. The molecule has 1 unspecified atom stereocenters. The number of esters is 3. The van der Waals surface area contributed by atoms with Crippen molar-refractivity contribution in [2.24, 2.45) is 0 Å². The van der Waals surface area contributed by atoms with E-state index in [1.807, 2.05) is 0 Å². The Morgan fingerprint density at radius 1 is 0.278 bits per heavy atom. The number of rotatable bonds is 58. The summed E-state index contributed by atoms with van der Waals surface area (Å²) < 4.78 is 16.9. The molecule has 420 valence electrons. The standard InChI is InChI=1S/C66H120O6/c1-4-7-10-13-16-19-22-25-28-31-33-36-38-41-44-47-50-53-56-59-65(68)71-62-63(61-70-64(67)58-55-52-49-46-43-40-37-34-30-27-24-21-18-15-12-9-6-3)72-66(69)60-57-54-51-48-45-42-39-35-32-29-26-23-20-17-14-11-8-5-2/h27,30,35,37,39-40,46,49,63H,4-26,28-29,31-34,36,38,41-45,47-48,50-62H2,1-3H3/b30-27-,39-35-,40-37-,49-46-. The van der Waals surface area contributed by atoms with Crippen molar-refractivity contribution in [3.05, 3.63) is 48.6 Å². The summed E-state index contributed by atoms with van der Waals surface area (Å²) in [6.45, 7) is 6.64. The fourth-order valence-corrected chi connectivity index (χ4v) is 9.28. The molecule has 0 aromatic rings. The van der Waals surface area contributed by atoms with Crippen molar-refractivity contribution >= 4 is 17.9 Å². The molecule has 1 atom stereocenters. The van der Waals surface area contributed by atoms with Gasteiger partial charge in [-0.25, -0.2) is 0 Å². The van der Waals surface area contributed by atoms with E-state index in [0.717, 1.165) is 70.6 Å². The monoisotopic (exact) mass is 1010 g/mol. The van der Waals surface area contributed by atoms with Crippen molar-refractivity contribution in [3.63, 3.8) is 0 Å². The van der Waals surface area contributed by atoms with Crippen molar-refractivity contribution in [1.29, 1.82) is 0 Å². The van der Waals surface area contributed by atoms with Gasteiger partial charge in [-0.2, -0.15) is 0 Å². The Kier molecular flexibility index (Phi) is 58.7. The van der Waals surface area contributed by atoms with Gasteiger partial charge in [-0.3, -0.25) is 14.4 Å². The van der Waals surface area contributed by atoms with Gasteiger partial charge in [0.25, 0.3) is 0 Å². The van der Waals surface area contributed by atoms with Crippen LogP contribution in [0.15, 0.2) is 48.6 Å². The highest BCUT2D eigenvalue weighted by atomic mass is 16.6. The van der Waals surface area contributed by atoms with Gasteiger partial charge in [-0.05, 0) is 77.0 Å². The molecule has 0 aliphatic rings. The van der Waals surface area contributed by atoms with Gasteiger partial charge in [0.05, 0.1) is 0 Å². The summed E-state index contributed by atoms with van der Waals surface area (Å²) in [4.78, 5) is 38.3. The van der Waals surface area contributed by atoms with Crippen LogP contribution >= 0.6 is 0 Å². The smallest absolute Gasteiger partial charge is 0.306 e. The van der Waals surface area contributed by atoms with E-state index in [0.29, 0.717) is 25.7 Å². The maximum absolute atomic E-state index is 12.9. The molecule has 0 bridgehead atoms. The maximum atomic E-state index is 12.9. The first-order chi connectivity index (χ1) is 35.5. The predicted octanol–water partition coefficient (Wildman–Crippen LogP) is 21.4. The summed E-state index contributed by atoms with van der Waals surface area (Å²) in [5.41, 5.74) is 0. The summed E-state index contributed by atoms with van der Waals surface area (Å²) in [5.74, 6) is -0.932. The zero-order valence-electron chi connectivity index (χ0n) is 48.2. The van der Waals surface area contributed by atoms with Crippen LogP contribution in [-0.4, -0.2) is 37.2 Å². The molecule has 6 heteroatoms. The van der Waals surface area contributed by atoms with Crippen molar-refractivity contribution in [1.82, 2.24) is 0 Å². The number of hydrogen-bond acceptors (Lipinski definition) is 6. The van der Waals surface area contributed by atoms with Crippen LogP contribution in [0.1, 0.15) is 335 Å². The van der Waals surface area contributed by atoms with E-state index >= 15 is 0 Å². The normalized spacial score (nSPS) is 12.3. The van der Waals surface area contributed by atoms with Gasteiger partial charge in [0.2, 0.25) is 0 Å². The second kappa shape index (κ2) is 60.9. The minimum Gasteiger partial charge on any atom is -0.462 e. The van der Waals surface area contributed by atoms with Gasteiger partial charge in [0.1, 0.15) is 13.2 Å². The molecule has 0 amide bonds. The van der Waals surface area contributed by atoms with Gasteiger partial charge in [0, 0.05) is 19.3 Å². The van der Waals surface area contributed by atoms with Gasteiger partial charge < -0.3 is 14.2 Å². The molecule has 0 rings (SSSR count). The van der Waals surface area contributed by atoms with Crippen LogP contribution in [0.4, 0.5) is 0 Å². The summed E-state index contributed by atoms with van der Waals surface area (Å²) in [7, 11) is 0. The Hall–Kier alpha value is -2.63. The third-order valence-electron chi connectivity index (χ3n) is 14.1. The molecule has 0 fully saturated rings. The lowest BCUT2D eigenvalue weighted by Crippen LogP contribution is -2.30. The van der Waals surface area contributed by atoms with E-state index in [9.17, 15) is 14.4 Å². The Balaban J connectivity index is 4.41. The first-order valence-corrected chi connectivity index (χ1v) is 31.6. The Bertz CT molecular complexity index is 1250. The van der Waals surface area contributed by atoms with E-state index in [-0.39, 0.29) is 31.1 Å². The summed E-state index contributed by atoms with van der Waals surface area (Å²) in [6.07, 6.45) is 75.5. The van der Waals surface area contributed by atoms with Gasteiger partial charge in [0.15, 0.2) is 6.10 Å². The minimum absolute atomic E-state index is 0.0885. The van der Waals surface area contributed by atoms with Gasteiger partial charge in [-0.15, -0.1) is 0 Å². The molecule has 0 aromatic heterocycles. The molecule has 0 radical (unpaired) electrons. The molecule has 0 N–H and O–H groups in total. The van der Waals surface area contributed by atoms with Crippen molar-refractivity contribution < 1.29 is 28.6 Å². The molecule has 0 aliphatic carbocycles. The Morgan fingerprint density at radius 2 is 0.514 bits per heavy atom. The highest BCUT2D eigenvalue weighted by Crippen LogP contribution is 2.17. The fraction of sp³-hybridized carbons (Fsp3) is 0.833. The third kappa shape index (κ3) is 58.3. The first-order valence-electron chi connectivity index (χ1n) is 31.6. The minimum atomic E-state index is -0.796. The van der Waals surface area contributed by atoms with E-state index in [1.54, 1.807) is 0 Å². The first kappa shape index (κ1) is 69.4. The summed E-state index contributed by atoms with van der Waals surface area (Å²) in [5, 5.41) is 0. The van der Waals surface area contributed by atoms with Crippen LogP contribution < -0.4 is 0 Å². The van der Waals surface area contributed by atoms with Crippen LogP contribution in [0, 0.1) is 0 Å². The molecule has 0 heterocycles. The predicted molar refractivity (Wildman–Crippen MR) is 312 cm³/mol. The number of hydrogen-bond donors (Lipinski definition) is 0. The zero-order valence-corrected chi connectivity index (χ0v) is 48.2. The van der Waals surface area contributed by atoms with Crippen molar-refractivity contribution in [3.8, 4) is 0 Å². The lowest BCUT2D eigenvalue weighted by Gasteiger charge is -2.18.